The molecule has 1 amide bonds. The van der Waals surface area contributed by atoms with Crippen molar-refractivity contribution in [3.63, 3.8) is 0 Å². The first-order valence-electron chi connectivity index (χ1n) is 5.84. The Hall–Kier alpha value is -1.34. The zero-order valence-electron chi connectivity index (χ0n) is 11.1. The van der Waals surface area contributed by atoms with Crippen LogP contribution in [-0.2, 0) is 14.3 Å². The lowest BCUT2D eigenvalue weighted by Crippen LogP contribution is -2.30. The largest absolute Gasteiger partial charge is 0.465 e. The number of amides is 1. The predicted molar refractivity (Wildman–Crippen MR) is 65.0 cm³/mol. The Morgan fingerprint density at radius 2 is 2.06 bits per heavy atom. The molecule has 1 rings (SSSR count). The van der Waals surface area contributed by atoms with Gasteiger partial charge in [-0.3, -0.25) is 4.79 Å². The average molecular weight is 262 g/mol. The molecule has 106 valence electrons. The predicted octanol–water partition coefficient (Wildman–Crippen LogP) is 0.629. The molecule has 1 fully saturated rings. The monoisotopic (exact) mass is 262 g/mol. The van der Waals surface area contributed by atoms with Crippen LogP contribution in [0.25, 0.3) is 0 Å². The van der Waals surface area contributed by atoms with Gasteiger partial charge in [-0.05, 0) is 19.8 Å². The average Bonchev–Trinajstić information content (AvgIpc) is 3.10. The summed E-state index contributed by atoms with van der Waals surface area (Å²) < 4.78 is 9.46. The number of nitrogens with two attached hydrogens (primary N) is 1. The molecule has 0 radical (unpaired) electrons. The molecular weight excluding hydrogens is 240 g/mol. The number of carbonyl (C=O) groups excluding carboxylic acids is 1. The number of esters is 1. The molecule has 1 aliphatic rings. The third-order valence-corrected chi connectivity index (χ3v) is 2.23. The maximum absolute atomic E-state index is 10.2. The van der Waals surface area contributed by atoms with Gasteiger partial charge in [-0.2, -0.15) is 0 Å². The first-order chi connectivity index (χ1) is 8.38. The summed E-state index contributed by atoms with van der Waals surface area (Å²) in [5.74, 6) is -0.338. The number of carboxylic acid groups (broad SMARTS) is 1. The van der Waals surface area contributed by atoms with Crippen LogP contribution in [0.5, 0.6) is 0 Å². The zero-order valence-corrected chi connectivity index (χ0v) is 11.1. The van der Waals surface area contributed by atoms with E-state index < -0.39 is 12.3 Å². The van der Waals surface area contributed by atoms with Gasteiger partial charge in [-0.15, -0.1) is 0 Å². The summed E-state index contributed by atoms with van der Waals surface area (Å²) in [5.41, 5.74) is 5.33. The van der Waals surface area contributed by atoms with Gasteiger partial charge in [0, 0.05) is 26.6 Å². The Morgan fingerprint density at radius 1 is 1.50 bits per heavy atom. The highest BCUT2D eigenvalue weighted by atomic mass is 16.6. The summed E-state index contributed by atoms with van der Waals surface area (Å²) >= 11 is 0. The molecule has 0 aromatic rings. The van der Waals surface area contributed by atoms with E-state index in [4.69, 9.17) is 15.6 Å². The van der Waals surface area contributed by atoms with Gasteiger partial charge >= 0.3 is 12.1 Å². The van der Waals surface area contributed by atoms with Gasteiger partial charge in [0.2, 0.25) is 0 Å². The van der Waals surface area contributed by atoms with Gasteiger partial charge in [0.1, 0.15) is 12.8 Å². The van der Waals surface area contributed by atoms with Crippen molar-refractivity contribution in [1.29, 1.82) is 0 Å². The number of hydrogen-bond acceptors (Lipinski definition) is 5. The maximum Gasteiger partial charge on any atom is 0.407 e. The van der Waals surface area contributed by atoms with Crippen molar-refractivity contribution in [3.05, 3.63) is 0 Å². The van der Waals surface area contributed by atoms with Crippen molar-refractivity contribution in [3.8, 4) is 0 Å². The van der Waals surface area contributed by atoms with Gasteiger partial charge < -0.3 is 25.2 Å². The van der Waals surface area contributed by atoms with Gasteiger partial charge in [0.25, 0.3) is 0 Å². The zero-order chi connectivity index (χ0) is 14.1. The maximum atomic E-state index is 10.2. The van der Waals surface area contributed by atoms with E-state index in [9.17, 15) is 9.59 Å². The number of ether oxygens (including phenoxy) is 2. The standard InChI is InChI=1S/C6H13NO3.C5H9NO2/c1-3-9-6(7)4-10-5(2)8;1-6(5(7)8)4-2-3-4/h6H,3-4,7H2,1-2H3;4H,2-3H2,1H3,(H,7,8). The lowest BCUT2D eigenvalue weighted by Gasteiger charge is -2.10. The van der Waals surface area contributed by atoms with Crippen molar-refractivity contribution in [2.45, 2.75) is 39.0 Å². The topological polar surface area (TPSA) is 102 Å². The van der Waals surface area contributed by atoms with E-state index in [1.54, 1.807) is 7.05 Å². The molecule has 18 heavy (non-hydrogen) atoms. The van der Waals surface area contributed by atoms with Crippen molar-refractivity contribution in [2.24, 2.45) is 5.73 Å². The quantitative estimate of drug-likeness (QED) is 0.556. The molecule has 0 aromatic carbocycles. The molecule has 0 saturated heterocycles. The number of nitrogens with zero attached hydrogens (tertiary/aromatic N) is 1. The third-order valence-electron chi connectivity index (χ3n) is 2.23. The van der Waals surface area contributed by atoms with Crippen molar-refractivity contribution in [1.82, 2.24) is 4.90 Å². The van der Waals surface area contributed by atoms with Crippen LogP contribution in [0.1, 0.15) is 26.7 Å². The first-order valence-corrected chi connectivity index (χ1v) is 5.84. The minimum atomic E-state index is -0.813. The van der Waals surface area contributed by atoms with E-state index in [0.29, 0.717) is 12.6 Å². The Bertz CT molecular complexity index is 268. The second-order valence-electron chi connectivity index (χ2n) is 3.92. The van der Waals surface area contributed by atoms with Gasteiger partial charge in [0.15, 0.2) is 0 Å². The summed E-state index contributed by atoms with van der Waals surface area (Å²) in [6.07, 6.45) is 0.785. The van der Waals surface area contributed by atoms with Gasteiger partial charge in [-0.1, -0.05) is 0 Å². The highest BCUT2D eigenvalue weighted by molar-refractivity contribution is 5.66. The molecule has 0 spiro atoms. The minimum absolute atomic E-state index is 0.128. The second-order valence-corrected chi connectivity index (χ2v) is 3.92. The molecule has 1 atom stereocenters. The molecule has 1 unspecified atom stereocenters. The Morgan fingerprint density at radius 3 is 2.33 bits per heavy atom. The summed E-state index contributed by atoms with van der Waals surface area (Å²) in [6, 6.07) is 0.326. The van der Waals surface area contributed by atoms with Crippen LogP contribution in [-0.4, -0.2) is 54.6 Å². The highest BCUT2D eigenvalue weighted by Gasteiger charge is 2.28. The molecule has 3 N–H and O–H groups in total. The van der Waals surface area contributed by atoms with E-state index in [-0.39, 0.29) is 12.6 Å². The summed E-state index contributed by atoms with van der Waals surface area (Å²) in [5, 5.41) is 8.32. The molecule has 7 heteroatoms. The van der Waals surface area contributed by atoms with Crippen LogP contribution in [0.15, 0.2) is 0 Å². The summed E-state index contributed by atoms with van der Waals surface area (Å²) in [6.45, 7) is 3.82. The summed E-state index contributed by atoms with van der Waals surface area (Å²) in [7, 11) is 1.61. The molecule has 0 bridgehead atoms. The van der Waals surface area contributed by atoms with E-state index >= 15 is 0 Å². The van der Waals surface area contributed by atoms with Crippen LogP contribution >= 0.6 is 0 Å². The van der Waals surface area contributed by atoms with Crippen LogP contribution in [0.3, 0.4) is 0 Å². The lowest BCUT2D eigenvalue weighted by atomic mass is 10.6. The second kappa shape index (κ2) is 8.71. The van der Waals surface area contributed by atoms with E-state index in [2.05, 4.69) is 4.74 Å². The molecular formula is C11H22N2O5. The number of rotatable bonds is 5. The molecule has 7 nitrogen and oxygen atoms in total. The summed E-state index contributed by atoms with van der Waals surface area (Å²) in [4.78, 5) is 21.7. The van der Waals surface area contributed by atoms with Crippen molar-refractivity contribution < 1.29 is 24.2 Å². The Kier molecular flexibility index (Phi) is 8.06. The third kappa shape index (κ3) is 8.77. The molecule has 0 aliphatic heterocycles. The number of hydrogen-bond donors (Lipinski definition) is 2. The fraction of sp³-hybridized carbons (Fsp3) is 0.818. The van der Waals surface area contributed by atoms with E-state index in [1.807, 2.05) is 6.92 Å². The molecule has 0 heterocycles. The lowest BCUT2D eigenvalue weighted by molar-refractivity contribution is -0.145. The van der Waals surface area contributed by atoms with Gasteiger partial charge in [-0.25, -0.2) is 4.79 Å². The van der Waals surface area contributed by atoms with Crippen molar-refractivity contribution in [2.75, 3.05) is 20.3 Å². The van der Waals surface area contributed by atoms with E-state index in [1.165, 1.54) is 11.8 Å². The molecule has 1 aliphatic carbocycles. The van der Waals surface area contributed by atoms with Crippen LogP contribution in [0, 0.1) is 0 Å². The van der Waals surface area contributed by atoms with Crippen LogP contribution < -0.4 is 5.73 Å². The molecule has 1 saturated carbocycles. The highest BCUT2D eigenvalue weighted by Crippen LogP contribution is 2.24. The number of carbonyl (C=O) groups is 2. The molecule has 0 aromatic heterocycles. The first kappa shape index (κ1) is 16.7. The van der Waals surface area contributed by atoms with Crippen LogP contribution in [0.2, 0.25) is 0 Å². The fourth-order valence-corrected chi connectivity index (χ4v) is 1.08. The van der Waals surface area contributed by atoms with Gasteiger partial charge in [0.05, 0.1) is 0 Å². The van der Waals surface area contributed by atoms with Crippen LogP contribution in [0.4, 0.5) is 4.79 Å². The van der Waals surface area contributed by atoms with E-state index in [0.717, 1.165) is 12.8 Å². The normalized spacial score (nSPS) is 15.1. The Labute approximate surface area is 107 Å². The fourth-order valence-electron chi connectivity index (χ4n) is 1.08. The van der Waals surface area contributed by atoms with Crippen molar-refractivity contribution >= 4 is 12.1 Å². The Balaban J connectivity index is 0.000000327. The SMILES string of the molecule is CCOC(N)COC(C)=O.CN(C(=O)O)C1CC1. The minimum Gasteiger partial charge on any atom is -0.465 e. The smallest absolute Gasteiger partial charge is 0.407 e.